The molecule has 0 radical (unpaired) electrons. The molecule has 5 heterocycles. The van der Waals surface area contributed by atoms with Crippen molar-refractivity contribution in [2.75, 3.05) is 38.7 Å². The van der Waals surface area contributed by atoms with Gasteiger partial charge < -0.3 is 24.7 Å². The average molecular weight is 628 g/mol. The highest BCUT2D eigenvalue weighted by Crippen LogP contribution is 2.34. The lowest BCUT2D eigenvalue weighted by molar-refractivity contribution is -0.133. The molecule has 0 unspecified atom stereocenters. The third kappa shape index (κ3) is 6.74. The molecule has 1 amide bonds. The third-order valence-corrected chi connectivity index (χ3v) is 9.19. The largest absolute Gasteiger partial charge is 0.496 e. The molecule has 14 heteroatoms. The van der Waals surface area contributed by atoms with Crippen LogP contribution in [0.2, 0.25) is 0 Å². The molecule has 1 aromatic carbocycles. The van der Waals surface area contributed by atoms with E-state index < -0.39 is 12.6 Å². The van der Waals surface area contributed by atoms with Crippen molar-refractivity contribution in [2.45, 2.75) is 57.1 Å². The number of benzene rings is 1. The molecule has 2 saturated heterocycles. The van der Waals surface area contributed by atoms with E-state index in [0.29, 0.717) is 47.8 Å². The Balaban J connectivity index is 1.10. The predicted octanol–water partition coefficient (Wildman–Crippen LogP) is 4.61. The molecule has 1 atom stereocenters. The first-order valence-electron chi connectivity index (χ1n) is 14.5. The minimum Gasteiger partial charge on any atom is -0.496 e. The Labute approximate surface area is 255 Å². The highest BCUT2D eigenvalue weighted by molar-refractivity contribution is 7.18. The fourth-order valence-corrected chi connectivity index (χ4v) is 6.98. The number of thiophene rings is 1. The molecule has 2 fully saturated rings. The van der Waals surface area contributed by atoms with Gasteiger partial charge in [-0.15, -0.1) is 11.3 Å². The molecule has 2 aliphatic heterocycles. The lowest BCUT2D eigenvalue weighted by Crippen LogP contribution is -2.43. The normalized spacial score (nSPS) is 18.4. The van der Waals surface area contributed by atoms with Gasteiger partial charge in [0.2, 0.25) is 5.91 Å². The molecule has 4 aromatic rings. The number of likely N-dealkylation sites (tertiary alicyclic amines) is 1. The van der Waals surface area contributed by atoms with Crippen molar-refractivity contribution in [2.24, 2.45) is 0 Å². The minimum absolute atomic E-state index is 0.0536. The standard InChI is InChI=1S/C30H32F3N7O3S/c1-42-26-11-25-18(9-21(13-34)40(25)7-4-22-14-35-27(41)16-43-22)8-19(26)15-39-5-2-20(3-6-39)38-28-24-10-23(12-30(31,32)33)44-29(24)37-17-36-28/h8-11,17,20,22H,2-7,12,14-16H2,1H3,(H,35,41)(H,36,37,38)/t22-/m1/s1. The first kappa shape index (κ1) is 30.1. The van der Waals surface area contributed by atoms with Gasteiger partial charge in [-0.05, 0) is 37.5 Å². The Morgan fingerprint density at radius 2 is 2.05 bits per heavy atom. The molecular weight excluding hydrogens is 595 g/mol. The van der Waals surface area contributed by atoms with E-state index in [1.807, 2.05) is 16.7 Å². The van der Waals surface area contributed by atoms with Gasteiger partial charge in [0.15, 0.2) is 0 Å². The number of alkyl halides is 3. The fourth-order valence-electron chi connectivity index (χ4n) is 5.95. The molecule has 0 spiro atoms. The number of rotatable bonds is 9. The number of nitrogens with one attached hydrogen (secondary N) is 2. The number of anilines is 1. The molecule has 3 aromatic heterocycles. The fraction of sp³-hybridized carbons (Fsp3) is 0.467. The van der Waals surface area contributed by atoms with Crippen LogP contribution in [0.3, 0.4) is 0 Å². The summed E-state index contributed by atoms with van der Waals surface area (Å²) in [6.45, 7) is 3.40. The molecule has 2 aliphatic rings. The lowest BCUT2D eigenvalue weighted by Gasteiger charge is -2.33. The van der Waals surface area contributed by atoms with Crippen LogP contribution in [0.4, 0.5) is 19.0 Å². The number of fused-ring (bicyclic) bond motifs is 2. The van der Waals surface area contributed by atoms with Crippen molar-refractivity contribution in [1.29, 1.82) is 5.26 Å². The van der Waals surface area contributed by atoms with Crippen LogP contribution in [0, 0.1) is 11.3 Å². The van der Waals surface area contributed by atoms with Gasteiger partial charge in [-0.25, -0.2) is 9.97 Å². The number of hydrogen-bond acceptors (Lipinski definition) is 9. The van der Waals surface area contributed by atoms with E-state index in [0.717, 1.165) is 59.5 Å². The molecule has 0 bridgehead atoms. The molecule has 2 N–H and O–H groups in total. The number of nitriles is 1. The maximum absolute atomic E-state index is 12.9. The number of methoxy groups -OCH3 is 1. The maximum atomic E-state index is 12.9. The second-order valence-corrected chi connectivity index (χ2v) is 12.3. The number of amides is 1. The van der Waals surface area contributed by atoms with E-state index in [4.69, 9.17) is 9.47 Å². The van der Waals surface area contributed by atoms with E-state index in [9.17, 15) is 23.2 Å². The van der Waals surface area contributed by atoms with Crippen molar-refractivity contribution in [3.05, 3.63) is 46.7 Å². The van der Waals surface area contributed by atoms with E-state index in [2.05, 4.69) is 37.6 Å². The second-order valence-electron chi connectivity index (χ2n) is 11.2. The van der Waals surface area contributed by atoms with Gasteiger partial charge in [0.25, 0.3) is 0 Å². The average Bonchev–Trinajstić information content (AvgIpc) is 3.56. The number of ether oxygens (including phenoxy) is 2. The van der Waals surface area contributed by atoms with Crippen LogP contribution in [-0.4, -0.2) is 77.0 Å². The number of hydrogen-bond donors (Lipinski definition) is 2. The van der Waals surface area contributed by atoms with Gasteiger partial charge >= 0.3 is 6.18 Å². The van der Waals surface area contributed by atoms with Gasteiger partial charge in [0.05, 0.1) is 30.5 Å². The highest BCUT2D eigenvalue weighted by atomic mass is 32.1. The maximum Gasteiger partial charge on any atom is 0.393 e. The highest BCUT2D eigenvalue weighted by Gasteiger charge is 2.29. The van der Waals surface area contributed by atoms with Crippen LogP contribution in [-0.2, 0) is 29.0 Å². The first-order chi connectivity index (χ1) is 21.2. The minimum atomic E-state index is -4.27. The quantitative estimate of drug-likeness (QED) is 0.276. The van der Waals surface area contributed by atoms with Gasteiger partial charge in [-0.3, -0.25) is 9.69 Å². The summed E-state index contributed by atoms with van der Waals surface area (Å²) in [7, 11) is 1.64. The van der Waals surface area contributed by atoms with Crippen molar-refractivity contribution in [3.63, 3.8) is 0 Å². The van der Waals surface area contributed by atoms with E-state index in [-0.39, 0.29) is 29.5 Å². The Hall–Kier alpha value is -3.93. The van der Waals surface area contributed by atoms with E-state index >= 15 is 0 Å². The van der Waals surface area contributed by atoms with Crippen LogP contribution < -0.4 is 15.4 Å². The number of halogens is 3. The number of carbonyl (C=O) groups is 1. The Kier molecular flexibility index (Phi) is 8.61. The molecule has 0 aliphatic carbocycles. The van der Waals surface area contributed by atoms with Crippen molar-refractivity contribution in [3.8, 4) is 11.8 Å². The molecule has 232 valence electrons. The van der Waals surface area contributed by atoms with Gasteiger partial charge in [0, 0.05) is 60.7 Å². The van der Waals surface area contributed by atoms with Crippen LogP contribution in [0.25, 0.3) is 21.1 Å². The summed E-state index contributed by atoms with van der Waals surface area (Å²) in [5.41, 5.74) is 2.49. The van der Waals surface area contributed by atoms with Gasteiger partial charge in [-0.1, -0.05) is 0 Å². The number of carbonyl (C=O) groups excluding carboxylic acids is 1. The lowest BCUT2D eigenvalue weighted by atomic mass is 10.0. The van der Waals surface area contributed by atoms with E-state index in [1.165, 1.54) is 6.33 Å². The van der Waals surface area contributed by atoms with Crippen LogP contribution >= 0.6 is 11.3 Å². The van der Waals surface area contributed by atoms with Crippen molar-refractivity contribution in [1.82, 2.24) is 24.8 Å². The van der Waals surface area contributed by atoms with Crippen LogP contribution in [0.15, 0.2) is 30.6 Å². The van der Waals surface area contributed by atoms with Gasteiger partial charge in [0.1, 0.15) is 41.1 Å². The zero-order valence-corrected chi connectivity index (χ0v) is 24.9. The number of aryl methyl sites for hydroxylation is 1. The van der Waals surface area contributed by atoms with Crippen molar-refractivity contribution >= 4 is 44.2 Å². The summed E-state index contributed by atoms with van der Waals surface area (Å²) in [5, 5.41) is 17.7. The monoisotopic (exact) mass is 627 g/mol. The summed E-state index contributed by atoms with van der Waals surface area (Å²) in [4.78, 5) is 23.0. The zero-order valence-electron chi connectivity index (χ0n) is 24.1. The molecular formula is C30H32F3N7O3S. The SMILES string of the molecule is COc1cc2c(cc1CN1CCC(Nc3ncnc4sc(CC(F)(F)F)cc34)CC1)cc(C#N)n2CC[C@@H]1CNC(=O)CO1. The van der Waals surface area contributed by atoms with Crippen LogP contribution in [0.1, 0.15) is 35.4 Å². The molecule has 6 rings (SSSR count). The number of morpholine rings is 1. The summed E-state index contributed by atoms with van der Waals surface area (Å²) in [6.07, 6.45) is -1.61. The number of aromatic nitrogens is 3. The zero-order chi connectivity index (χ0) is 30.8. The summed E-state index contributed by atoms with van der Waals surface area (Å²) in [5.74, 6) is 1.20. The topological polar surface area (TPSA) is 117 Å². The summed E-state index contributed by atoms with van der Waals surface area (Å²) in [6, 6.07) is 9.94. The number of piperidine rings is 1. The molecule has 10 nitrogen and oxygen atoms in total. The summed E-state index contributed by atoms with van der Waals surface area (Å²) < 4.78 is 52.1. The van der Waals surface area contributed by atoms with Gasteiger partial charge in [-0.2, -0.15) is 18.4 Å². The third-order valence-electron chi connectivity index (χ3n) is 8.15. The van der Waals surface area contributed by atoms with E-state index in [1.54, 1.807) is 13.2 Å². The molecule has 44 heavy (non-hydrogen) atoms. The Bertz CT molecular complexity index is 1700. The number of nitrogens with zero attached hydrogens (tertiary/aromatic N) is 5. The Morgan fingerprint density at radius 1 is 1.23 bits per heavy atom. The summed E-state index contributed by atoms with van der Waals surface area (Å²) >= 11 is 1.05. The predicted molar refractivity (Wildman–Crippen MR) is 160 cm³/mol. The molecule has 0 saturated carbocycles. The second kappa shape index (κ2) is 12.6. The first-order valence-corrected chi connectivity index (χ1v) is 15.3. The van der Waals surface area contributed by atoms with Crippen molar-refractivity contribution < 1.29 is 27.4 Å². The Morgan fingerprint density at radius 3 is 2.75 bits per heavy atom. The van der Waals surface area contributed by atoms with Crippen LogP contribution in [0.5, 0.6) is 5.75 Å². The smallest absolute Gasteiger partial charge is 0.393 e.